The smallest absolute Gasteiger partial charge is 0.0710 e. The summed E-state index contributed by atoms with van der Waals surface area (Å²) in [6.45, 7) is 6.26. The summed E-state index contributed by atoms with van der Waals surface area (Å²) in [5.41, 5.74) is 5.96. The van der Waals surface area contributed by atoms with Crippen LogP contribution in [0.4, 0.5) is 0 Å². The second-order valence-corrected chi connectivity index (χ2v) is 6.11. The number of nitrogens with two attached hydrogens (primary N) is 1. The maximum Gasteiger partial charge on any atom is 0.0710 e. The molecule has 1 unspecified atom stereocenters. The zero-order valence-corrected chi connectivity index (χ0v) is 12.0. The van der Waals surface area contributed by atoms with Crippen LogP contribution >= 0.6 is 0 Å². The Morgan fingerprint density at radius 3 is 2.61 bits per heavy atom. The Labute approximate surface area is 112 Å². The summed E-state index contributed by atoms with van der Waals surface area (Å²) in [7, 11) is 0. The Hall–Kier alpha value is -0.120. The third-order valence-corrected chi connectivity index (χ3v) is 4.55. The molecule has 106 valence electrons. The van der Waals surface area contributed by atoms with Gasteiger partial charge in [0.05, 0.1) is 11.7 Å². The highest BCUT2D eigenvalue weighted by atomic mass is 16.5. The molecule has 1 saturated carbocycles. The van der Waals surface area contributed by atoms with Gasteiger partial charge in [0.1, 0.15) is 0 Å². The van der Waals surface area contributed by atoms with E-state index in [-0.39, 0.29) is 5.60 Å². The van der Waals surface area contributed by atoms with Gasteiger partial charge < -0.3 is 10.5 Å². The zero-order chi connectivity index (χ0) is 12.8. The second kappa shape index (κ2) is 6.88. The van der Waals surface area contributed by atoms with Crippen molar-refractivity contribution in [2.75, 3.05) is 26.2 Å². The monoisotopic (exact) mass is 254 g/mol. The summed E-state index contributed by atoms with van der Waals surface area (Å²) < 4.78 is 6.43. The molecule has 2 rings (SSSR count). The van der Waals surface area contributed by atoms with Crippen LogP contribution in [-0.4, -0.2) is 42.8 Å². The molecule has 0 bridgehead atoms. The minimum atomic E-state index is 0.267. The second-order valence-electron chi connectivity index (χ2n) is 6.11. The van der Waals surface area contributed by atoms with Crippen LogP contribution in [0.5, 0.6) is 0 Å². The first-order valence-corrected chi connectivity index (χ1v) is 7.88. The molecule has 2 N–H and O–H groups in total. The molecule has 1 saturated heterocycles. The van der Waals surface area contributed by atoms with E-state index in [9.17, 15) is 0 Å². The van der Waals surface area contributed by atoms with Gasteiger partial charge in [-0.15, -0.1) is 0 Å². The predicted molar refractivity (Wildman–Crippen MR) is 75.7 cm³/mol. The van der Waals surface area contributed by atoms with Gasteiger partial charge in [-0.05, 0) is 38.6 Å². The topological polar surface area (TPSA) is 38.5 Å². The Morgan fingerprint density at radius 2 is 1.94 bits per heavy atom. The molecule has 2 fully saturated rings. The summed E-state index contributed by atoms with van der Waals surface area (Å²) in [5.74, 6) is 0. The summed E-state index contributed by atoms with van der Waals surface area (Å²) in [5, 5.41) is 0. The lowest BCUT2D eigenvalue weighted by molar-refractivity contribution is -0.0716. The van der Waals surface area contributed by atoms with E-state index < -0.39 is 0 Å². The van der Waals surface area contributed by atoms with Gasteiger partial charge in [-0.25, -0.2) is 0 Å². The lowest BCUT2D eigenvalue weighted by Crippen LogP contribution is -2.38. The van der Waals surface area contributed by atoms with Crippen LogP contribution in [0.15, 0.2) is 0 Å². The molecular weight excluding hydrogens is 224 g/mol. The van der Waals surface area contributed by atoms with Crippen molar-refractivity contribution in [3.63, 3.8) is 0 Å². The molecule has 3 heteroatoms. The van der Waals surface area contributed by atoms with E-state index in [1.54, 1.807) is 0 Å². The van der Waals surface area contributed by atoms with Gasteiger partial charge in [0.25, 0.3) is 0 Å². The van der Waals surface area contributed by atoms with E-state index in [0.29, 0.717) is 6.10 Å². The molecule has 1 aliphatic heterocycles. The van der Waals surface area contributed by atoms with Crippen LogP contribution in [0.2, 0.25) is 0 Å². The van der Waals surface area contributed by atoms with E-state index in [0.717, 1.165) is 26.2 Å². The first kappa shape index (κ1) is 14.3. The fourth-order valence-electron chi connectivity index (χ4n) is 3.67. The van der Waals surface area contributed by atoms with Crippen LogP contribution in [-0.2, 0) is 4.74 Å². The highest BCUT2D eigenvalue weighted by Gasteiger charge is 2.40. The molecule has 0 radical (unpaired) electrons. The molecular formula is C15H30N2O. The summed E-state index contributed by atoms with van der Waals surface area (Å²) >= 11 is 0. The van der Waals surface area contributed by atoms with Crippen molar-refractivity contribution in [1.82, 2.24) is 4.90 Å². The molecule has 0 aromatic heterocycles. The molecule has 0 aromatic carbocycles. The Bertz CT molecular complexity index is 233. The number of rotatable bonds is 6. The molecule has 0 amide bonds. The average molecular weight is 254 g/mol. The number of nitrogens with zero attached hydrogens (tertiary/aromatic N) is 1. The molecule has 2 aliphatic rings. The van der Waals surface area contributed by atoms with Gasteiger partial charge in [0.2, 0.25) is 0 Å². The third-order valence-electron chi connectivity index (χ3n) is 4.55. The first-order valence-electron chi connectivity index (χ1n) is 7.88. The van der Waals surface area contributed by atoms with E-state index >= 15 is 0 Å². The van der Waals surface area contributed by atoms with Gasteiger partial charge in [-0.2, -0.15) is 0 Å². The van der Waals surface area contributed by atoms with E-state index in [4.69, 9.17) is 10.5 Å². The van der Waals surface area contributed by atoms with Crippen molar-refractivity contribution in [3.8, 4) is 0 Å². The SMILES string of the molecule is CCCN(CCN)CC1CCC2(CCCCC2)O1. The largest absolute Gasteiger partial charge is 0.370 e. The first-order chi connectivity index (χ1) is 8.78. The van der Waals surface area contributed by atoms with E-state index in [2.05, 4.69) is 11.8 Å². The number of hydrogen-bond acceptors (Lipinski definition) is 3. The maximum atomic E-state index is 6.43. The third kappa shape index (κ3) is 3.69. The molecule has 1 heterocycles. The average Bonchev–Trinajstić information content (AvgIpc) is 2.74. The van der Waals surface area contributed by atoms with Crippen LogP contribution < -0.4 is 5.73 Å². The fourth-order valence-corrected chi connectivity index (χ4v) is 3.67. The minimum absolute atomic E-state index is 0.267. The number of ether oxygens (including phenoxy) is 1. The Morgan fingerprint density at radius 1 is 1.17 bits per heavy atom. The van der Waals surface area contributed by atoms with Gasteiger partial charge in [0.15, 0.2) is 0 Å². The van der Waals surface area contributed by atoms with Crippen molar-refractivity contribution in [1.29, 1.82) is 0 Å². The van der Waals surface area contributed by atoms with Gasteiger partial charge >= 0.3 is 0 Å². The highest BCUT2D eigenvalue weighted by Crippen LogP contribution is 2.41. The van der Waals surface area contributed by atoms with Gasteiger partial charge in [0, 0.05) is 19.6 Å². The van der Waals surface area contributed by atoms with Crippen molar-refractivity contribution >= 4 is 0 Å². The summed E-state index contributed by atoms with van der Waals surface area (Å²) in [6, 6.07) is 0. The highest BCUT2D eigenvalue weighted by molar-refractivity contribution is 4.92. The van der Waals surface area contributed by atoms with E-state index in [1.807, 2.05) is 0 Å². The van der Waals surface area contributed by atoms with Gasteiger partial charge in [-0.3, -0.25) is 4.90 Å². The normalized spacial score (nSPS) is 27.2. The molecule has 1 spiro atoms. The quantitative estimate of drug-likeness (QED) is 0.791. The van der Waals surface area contributed by atoms with Crippen LogP contribution in [0, 0.1) is 0 Å². The van der Waals surface area contributed by atoms with Gasteiger partial charge in [-0.1, -0.05) is 26.2 Å². The van der Waals surface area contributed by atoms with Crippen LogP contribution in [0.1, 0.15) is 58.3 Å². The predicted octanol–water partition coefficient (Wildman–Crippen LogP) is 2.54. The maximum absolute atomic E-state index is 6.43. The fraction of sp³-hybridized carbons (Fsp3) is 1.00. The van der Waals surface area contributed by atoms with Crippen molar-refractivity contribution in [3.05, 3.63) is 0 Å². The number of hydrogen-bond donors (Lipinski definition) is 1. The van der Waals surface area contributed by atoms with Crippen molar-refractivity contribution in [2.45, 2.75) is 70.0 Å². The zero-order valence-electron chi connectivity index (χ0n) is 12.0. The van der Waals surface area contributed by atoms with Crippen molar-refractivity contribution in [2.24, 2.45) is 5.73 Å². The van der Waals surface area contributed by atoms with Crippen LogP contribution in [0.25, 0.3) is 0 Å². The molecule has 0 aromatic rings. The van der Waals surface area contributed by atoms with E-state index in [1.165, 1.54) is 51.4 Å². The Kier molecular flexibility index (Phi) is 5.46. The lowest BCUT2D eigenvalue weighted by Gasteiger charge is -2.34. The summed E-state index contributed by atoms with van der Waals surface area (Å²) in [6.07, 6.45) is 11.0. The summed E-state index contributed by atoms with van der Waals surface area (Å²) in [4.78, 5) is 2.48. The molecule has 1 atom stereocenters. The standard InChI is InChI=1S/C15H30N2O/c1-2-11-17(12-10-16)13-14-6-9-15(18-14)7-4-3-5-8-15/h14H,2-13,16H2,1H3. The van der Waals surface area contributed by atoms with Crippen LogP contribution in [0.3, 0.4) is 0 Å². The van der Waals surface area contributed by atoms with Crippen molar-refractivity contribution < 1.29 is 4.74 Å². The lowest BCUT2D eigenvalue weighted by atomic mass is 9.83. The molecule has 1 aliphatic carbocycles. The minimum Gasteiger partial charge on any atom is -0.370 e. The molecule has 18 heavy (non-hydrogen) atoms. The molecule has 3 nitrogen and oxygen atoms in total. The Balaban J connectivity index is 1.80.